The Balaban J connectivity index is 0.000000454. The Morgan fingerprint density at radius 2 is 1.73 bits per heavy atom. The van der Waals surface area contributed by atoms with Crippen molar-refractivity contribution in [1.82, 2.24) is 4.90 Å². The van der Waals surface area contributed by atoms with Gasteiger partial charge >= 0.3 is 0 Å². The number of aliphatic hydroxyl groups is 1. The Hall–Kier alpha value is -2.48. The van der Waals surface area contributed by atoms with E-state index in [1.165, 1.54) is 5.56 Å². The number of benzene rings is 2. The standard InChI is InChI=1S/C17H25N3O3.C7H7Cl.CH4O/c1-3-7-20(8-4-2)17(21)15-13-14(18-22)5-6-16(15)19-9-11-23-12-10-19;1-6-3-2-4-7(8)5-6;1-2/h5-6,13H,3-4,7-12H2,1-2H3;2-5H,1H3;2H,1H3. The number of nitroso groups, excluding NO2 is 1. The van der Waals surface area contributed by atoms with E-state index in [1.54, 1.807) is 12.1 Å². The van der Waals surface area contributed by atoms with Crippen LogP contribution >= 0.6 is 11.6 Å². The number of morpholine rings is 1. The molecule has 1 fully saturated rings. The van der Waals surface area contributed by atoms with Gasteiger partial charge in [-0.3, -0.25) is 4.79 Å². The summed E-state index contributed by atoms with van der Waals surface area (Å²) in [7, 11) is 1.00. The number of hydrogen-bond donors (Lipinski definition) is 1. The molecule has 8 heteroatoms. The molecule has 7 nitrogen and oxygen atoms in total. The summed E-state index contributed by atoms with van der Waals surface area (Å²) in [6.45, 7) is 10.4. The van der Waals surface area contributed by atoms with Gasteiger partial charge in [0.25, 0.3) is 5.91 Å². The van der Waals surface area contributed by atoms with Crippen molar-refractivity contribution >= 4 is 28.9 Å². The number of hydrogen-bond acceptors (Lipinski definition) is 6. The molecule has 2 aromatic rings. The van der Waals surface area contributed by atoms with E-state index in [2.05, 4.69) is 23.9 Å². The van der Waals surface area contributed by atoms with Gasteiger partial charge in [0.2, 0.25) is 0 Å². The van der Waals surface area contributed by atoms with Crippen LogP contribution in [-0.2, 0) is 4.74 Å². The zero-order chi connectivity index (χ0) is 24.6. The third kappa shape index (κ3) is 9.50. The minimum absolute atomic E-state index is 0.0271. The lowest BCUT2D eigenvalue weighted by atomic mass is 10.1. The molecule has 1 aliphatic heterocycles. The zero-order valence-electron chi connectivity index (χ0n) is 20.1. The van der Waals surface area contributed by atoms with Crippen LogP contribution in [0.25, 0.3) is 0 Å². The van der Waals surface area contributed by atoms with Gasteiger partial charge in [0.1, 0.15) is 5.69 Å². The maximum Gasteiger partial charge on any atom is 0.256 e. The number of anilines is 1. The van der Waals surface area contributed by atoms with Gasteiger partial charge < -0.3 is 19.6 Å². The molecule has 0 saturated carbocycles. The predicted molar refractivity (Wildman–Crippen MR) is 136 cm³/mol. The average molecular weight is 478 g/mol. The normalized spacial score (nSPS) is 12.6. The van der Waals surface area contributed by atoms with Crippen LogP contribution in [0.5, 0.6) is 0 Å². The molecule has 1 saturated heterocycles. The lowest BCUT2D eigenvalue weighted by molar-refractivity contribution is 0.0755. The molecule has 0 bridgehead atoms. The molecule has 0 aromatic heterocycles. The molecule has 33 heavy (non-hydrogen) atoms. The zero-order valence-corrected chi connectivity index (χ0v) is 20.8. The van der Waals surface area contributed by atoms with Crippen LogP contribution in [0.15, 0.2) is 47.6 Å². The second-order valence-corrected chi connectivity index (χ2v) is 7.92. The minimum Gasteiger partial charge on any atom is -0.400 e. The lowest BCUT2D eigenvalue weighted by Gasteiger charge is -2.31. The summed E-state index contributed by atoms with van der Waals surface area (Å²) in [6.07, 6.45) is 1.81. The highest BCUT2D eigenvalue weighted by Gasteiger charge is 2.23. The van der Waals surface area contributed by atoms with Gasteiger partial charge in [0, 0.05) is 44.0 Å². The van der Waals surface area contributed by atoms with Crippen LogP contribution in [0.2, 0.25) is 5.02 Å². The fraction of sp³-hybridized carbons (Fsp3) is 0.480. The predicted octanol–water partition coefficient (Wildman–Crippen LogP) is 5.44. The first-order chi connectivity index (χ1) is 16.0. The third-order valence-electron chi connectivity index (χ3n) is 4.92. The summed E-state index contributed by atoms with van der Waals surface area (Å²) >= 11 is 5.64. The molecular weight excluding hydrogens is 442 g/mol. The molecule has 182 valence electrons. The Morgan fingerprint density at radius 1 is 1.09 bits per heavy atom. The molecule has 0 aliphatic carbocycles. The summed E-state index contributed by atoms with van der Waals surface area (Å²) in [5.74, 6) is -0.0271. The van der Waals surface area contributed by atoms with E-state index in [-0.39, 0.29) is 5.91 Å². The van der Waals surface area contributed by atoms with Crippen LogP contribution < -0.4 is 4.90 Å². The van der Waals surface area contributed by atoms with Gasteiger partial charge in [-0.25, -0.2) is 0 Å². The van der Waals surface area contributed by atoms with E-state index in [1.807, 2.05) is 42.2 Å². The number of aliphatic hydroxyl groups excluding tert-OH is 1. The van der Waals surface area contributed by atoms with Crippen LogP contribution in [0, 0.1) is 11.8 Å². The summed E-state index contributed by atoms with van der Waals surface area (Å²) in [6, 6.07) is 12.9. The first-order valence-electron chi connectivity index (χ1n) is 11.3. The topological polar surface area (TPSA) is 82.4 Å². The summed E-state index contributed by atoms with van der Waals surface area (Å²) in [4.78, 5) is 27.9. The number of halogens is 1. The number of nitrogens with zero attached hydrogens (tertiary/aromatic N) is 3. The number of rotatable bonds is 7. The third-order valence-corrected chi connectivity index (χ3v) is 5.16. The molecule has 1 N–H and O–H groups in total. The maximum absolute atomic E-state index is 13.0. The Labute approximate surface area is 202 Å². The smallest absolute Gasteiger partial charge is 0.256 e. The van der Waals surface area contributed by atoms with Crippen molar-refractivity contribution in [3.05, 3.63) is 63.5 Å². The minimum atomic E-state index is -0.0271. The van der Waals surface area contributed by atoms with Gasteiger partial charge in [-0.1, -0.05) is 37.6 Å². The lowest BCUT2D eigenvalue weighted by Crippen LogP contribution is -2.39. The van der Waals surface area contributed by atoms with Gasteiger partial charge in [-0.2, -0.15) is 0 Å². The van der Waals surface area contributed by atoms with E-state index >= 15 is 0 Å². The largest absolute Gasteiger partial charge is 0.400 e. The first kappa shape index (κ1) is 28.6. The Bertz CT molecular complexity index is 834. The van der Waals surface area contributed by atoms with Gasteiger partial charge in [-0.15, -0.1) is 4.91 Å². The molecule has 1 amide bonds. The highest BCUT2D eigenvalue weighted by Crippen LogP contribution is 2.28. The van der Waals surface area contributed by atoms with Crippen molar-refractivity contribution in [2.24, 2.45) is 5.18 Å². The fourth-order valence-electron chi connectivity index (χ4n) is 3.46. The van der Waals surface area contributed by atoms with Crippen LogP contribution in [0.1, 0.15) is 42.6 Å². The van der Waals surface area contributed by atoms with Crippen LogP contribution in [-0.4, -0.2) is 62.4 Å². The van der Waals surface area contributed by atoms with Crippen molar-refractivity contribution < 1.29 is 14.6 Å². The van der Waals surface area contributed by atoms with E-state index < -0.39 is 0 Å². The molecule has 1 aliphatic rings. The van der Waals surface area contributed by atoms with Crippen molar-refractivity contribution in [3.63, 3.8) is 0 Å². The summed E-state index contributed by atoms with van der Waals surface area (Å²) in [5.41, 5.74) is 2.92. The average Bonchev–Trinajstić information content (AvgIpc) is 2.85. The van der Waals surface area contributed by atoms with E-state index in [9.17, 15) is 9.70 Å². The molecule has 0 radical (unpaired) electrons. The first-order valence-corrected chi connectivity index (χ1v) is 11.6. The fourth-order valence-corrected chi connectivity index (χ4v) is 3.71. The maximum atomic E-state index is 13.0. The summed E-state index contributed by atoms with van der Waals surface area (Å²) < 4.78 is 5.39. The highest BCUT2D eigenvalue weighted by atomic mass is 35.5. The molecule has 1 heterocycles. The van der Waals surface area contributed by atoms with E-state index in [0.29, 0.717) is 37.6 Å². The number of amides is 1. The van der Waals surface area contributed by atoms with Crippen LogP contribution in [0.4, 0.5) is 11.4 Å². The Morgan fingerprint density at radius 3 is 2.21 bits per heavy atom. The summed E-state index contributed by atoms with van der Waals surface area (Å²) in [5, 5.41) is 10.8. The quantitative estimate of drug-likeness (QED) is 0.537. The van der Waals surface area contributed by atoms with E-state index in [4.69, 9.17) is 21.4 Å². The van der Waals surface area contributed by atoms with E-state index in [0.717, 1.165) is 43.8 Å². The molecule has 0 unspecified atom stereocenters. The van der Waals surface area contributed by atoms with Crippen LogP contribution in [0.3, 0.4) is 0 Å². The molecule has 0 atom stereocenters. The number of ether oxygens (including phenoxy) is 1. The molecule has 0 spiro atoms. The SMILES string of the molecule is CCCN(CCC)C(=O)c1cc(N=O)ccc1N1CCOCC1.CO.Cc1cccc(Cl)c1. The second-order valence-electron chi connectivity index (χ2n) is 7.48. The number of carbonyl (C=O) groups excluding carboxylic acids is 1. The molecular formula is C25H36ClN3O4. The van der Waals surface area contributed by atoms with Crippen molar-refractivity contribution in [3.8, 4) is 0 Å². The number of carbonyl (C=O) groups is 1. The Kier molecular flexibility index (Phi) is 14.0. The second kappa shape index (κ2) is 16.2. The highest BCUT2D eigenvalue weighted by molar-refractivity contribution is 6.30. The van der Waals surface area contributed by atoms with Gasteiger partial charge in [0.05, 0.1) is 18.8 Å². The van der Waals surface area contributed by atoms with Crippen molar-refractivity contribution in [2.45, 2.75) is 33.6 Å². The monoisotopic (exact) mass is 477 g/mol. The number of aryl methyl sites for hydroxylation is 1. The van der Waals surface area contributed by atoms with Gasteiger partial charge in [-0.05, 0) is 60.8 Å². The van der Waals surface area contributed by atoms with Crippen molar-refractivity contribution in [2.75, 3.05) is 51.4 Å². The van der Waals surface area contributed by atoms with Crippen molar-refractivity contribution in [1.29, 1.82) is 0 Å². The van der Waals surface area contributed by atoms with Gasteiger partial charge in [0.15, 0.2) is 0 Å². The molecule has 2 aromatic carbocycles. The molecule has 3 rings (SSSR count).